The van der Waals surface area contributed by atoms with Crippen molar-refractivity contribution in [3.8, 4) is 17.0 Å². The van der Waals surface area contributed by atoms with Gasteiger partial charge in [-0.3, -0.25) is 0 Å². The van der Waals surface area contributed by atoms with Gasteiger partial charge in [-0.2, -0.15) is 13.2 Å². The van der Waals surface area contributed by atoms with Gasteiger partial charge in [0.25, 0.3) is 0 Å². The van der Waals surface area contributed by atoms with E-state index in [0.717, 1.165) is 0 Å². The van der Waals surface area contributed by atoms with E-state index in [4.69, 9.17) is 9.47 Å². The highest BCUT2D eigenvalue weighted by atomic mass is 19.4. The van der Waals surface area contributed by atoms with Crippen LogP contribution in [-0.4, -0.2) is 31.0 Å². The summed E-state index contributed by atoms with van der Waals surface area (Å²) in [5.41, 5.74) is -0.796. The standard InChI is InChI=1S/C17H12F5NO2/c18-7-16(8-25-16)13-5-11-12(17(20,21)22)6-24-15(11)14(23-13)9-1-3-10(19)4-2-9/h1-5,12H,6-8H2/t12-,16+/m1/s1. The number of hydrogen-bond acceptors (Lipinski definition) is 3. The van der Waals surface area contributed by atoms with Gasteiger partial charge >= 0.3 is 6.18 Å². The van der Waals surface area contributed by atoms with Crippen LogP contribution in [0.15, 0.2) is 30.3 Å². The minimum absolute atomic E-state index is 0.00709. The van der Waals surface area contributed by atoms with Crippen LogP contribution in [0.5, 0.6) is 5.75 Å². The number of pyridine rings is 1. The van der Waals surface area contributed by atoms with Crippen molar-refractivity contribution in [1.29, 1.82) is 0 Å². The van der Waals surface area contributed by atoms with Crippen molar-refractivity contribution in [2.45, 2.75) is 17.7 Å². The molecule has 2 atom stereocenters. The smallest absolute Gasteiger partial charge is 0.399 e. The highest BCUT2D eigenvalue weighted by Crippen LogP contribution is 2.50. The second-order valence-electron chi connectivity index (χ2n) is 6.10. The van der Waals surface area contributed by atoms with Crippen LogP contribution < -0.4 is 4.74 Å². The van der Waals surface area contributed by atoms with Crippen molar-refractivity contribution >= 4 is 0 Å². The van der Waals surface area contributed by atoms with E-state index in [1.807, 2.05) is 0 Å². The number of epoxide rings is 1. The maximum atomic E-state index is 13.3. The zero-order valence-corrected chi connectivity index (χ0v) is 12.7. The van der Waals surface area contributed by atoms with Gasteiger partial charge in [-0.25, -0.2) is 13.8 Å². The molecule has 0 unspecified atom stereocenters. The highest BCUT2D eigenvalue weighted by Gasteiger charge is 2.52. The van der Waals surface area contributed by atoms with Crippen molar-refractivity contribution < 1.29 is 31.4 Å². The van der Waals surface area contributed by atoms with E-state index in [9.17, 15) is 22.0 Å². The van der Waals surface area contributed by atoms with Crippen molar-refractivity contribution in [3.05, 3.63) is 47.4 Å². The molecule has 0 saturated carbocycles. The van der Waals surface area contributed by atoms with E-state index >= 15 is 0 Å². The molecule has 0 spiro atoms. The molecule has 3 nitrogen and oxygen atoms in total. The van der Waals surface area contributed by atoms with Gasteiger partial charge in [-0.05, 0) is 30.3 Å². The predicted molar refractivity (Wildman–Crippen MR) is 77.5 cm³/mol. The summed E-state index contributed by atoms with van der Waals surface area (Å²) in [7, 11) is 0. The van der Waals surface area contributed by atoms with E-state index in [0.29, 0.717) is 5.56 Å². The van der Waals surface area contributed by atoms with Crippen LogP contribution in [0, 0.1) is 5.82 Å². The molecule has 4 rings (SSSR count). The Morgan fingerprint density at radius 1 is 1.20 bits per heavy atom. The summed E-state index contributed by atoms with van der Waals surface area (Å²) < 4.78 is 76.7. The van der Waals surface area contributed by atoms with Gasteiger partial charge in [-0.1, -0.05) is 0 Å². The van der Waals surface area contributed by atoms with Gasteiger partial charge in [0, 0.05) is 11.1 Å². The quantitative estimate of drug-likeness (QED) is 0.612. The molecular weight excluding hydrogens is 345 g/mol. The molecule has 2 aliphatic heterocycles. The Bertz CT molecular complexity index is 815. The third-order valence-electron chi connectivity index (χ3n) is 4.46. The second kappa shape index (κ2) is 5.39. The summed E-state index contributed by atoms with van der Waals surface area (Å²) in [6.07, 6.45) is -4.50. The number of aromatic nitrogens is 1. The van der Waals surface area contributed by atoms with Gasteiger partial charge in [0.1, 0.15) is 36.5 Å². The van der Waals surface area contributed by atoms with Crippen molar-refractivity contribution in [2.24, 2.45) is 0 Å². The number of halogens is 5. The first-order valence-electron chi connectivity index (χ1n) is 7.55. The van der Waals surface area contributed by atoms with Crippen LogP contribution >= 0.6 is 0 Å². The molecule has 8 heteroatoms. The van der Waals surface area contributed by atoms with Gasteiger partial charge in [0.2, 0.25) is 0 Å². The van der Waals surface area contributed by atoms with Gasteiger partial charge in [-0.15, -0.1) is 0 Å². The van der Waals surface area contributed by atoms with Crippen molar-refractivity contribution in [3.63, 3.8) is 0 Å². The summed E-state index contributed by atoms with van der Waals surface area (Å²) >= 11 is 0. The minimum Gasteiger partial charge on any atom is -0.490 e. The Morgan fingerprint density at radius 3 is 2.44 bits per heavy atom. The van der Waals surface area contributed by atoms with Gasteiger partial charge < -0.3 is 9.47 Å². The topological polar surface area (TPSA) is 34.6 Å². The molecule has 0 aliphatic carbocycles. The second-order valence-corrected chi connectivity index (χ2v) is 6.10. The Labute approximate surface area is 139 Å². The maximum absolute atomic E-state index is 13.3. The molecule has 1 aromatic carbocycles. The Kier molecular flexibility index (Phi) is 3.50. The van der Waals surface area contributed by atoms with E-state index in [1.165, 1.54) is 30.3 Å². The molecule has 25 heavy (non-hydrogen) atoms. The molecule has 2 aliphatic rings. The lowest BCUT2D eigenvalue weighted by atomic mass is 9.95. The van der Waals surface area contributed by atoms with Gasteiger partial charge in [0.15, 0.2) is 5.60 Å². The number of alkyl halides is 4. The number of fused-ring (bicyclic) bond motifs is 1. The monoisotopic (exact) mass is 357 g/mol. The highest BCUT2D eigenvalue weighted by molar-refractivity contribution is 5.70. The fraction of sp³-hybridized carbons (Fsp3) is 0.353. The van der Waals surface area contributed by atoms with E-state index in [-0.39, 0.29) is 29.3 Å². The summed E-state index contributed by atoms with van der Waals surface area (Å²) in [4.78, 5) is 4.29. The third kappa shape index (κ3) is 2.64. The lowest BCUT2D eigenvalue weighted by molar-refractivity contribution is -0.151. The number of ether oxygens (including phenoxy) is 2. The Morgan fingerprint density at radius 2 is 1.88 bits per heavy atom. The summed E-state index contributed by atoms with van der Waals surface area (Å²) in [5, 5.41) is 0. The third-order valence-corrected chi connectivity index (χ3v) is 4.46. The fourth-order valence-electron chi connectivity index (χ4n) is 2.91. The predicted octanol–water partition coefficient (Wildman–Crippen LogP) is 4.12. The minimum atomic E-state index is -4.50. The van der Waals surface area contributed by atoms with Crippen LogP contribution in [-0.2, 0) is 10.3 Å². The fourth-order valence-corrected chi connectivity index (χ4v) is 2.91. The van der Waals surface area contributed by atoms with E-state index < -0.39 is 36.8 Å². The Balaban J connectivity index is 1.90. The molecule has 0 bridgehead atoms. The van der Waals surface area contributed by atoms with Crippen molar-refractivity contribution in [1.82, 2.24) is 4.98 Å². The molecule has 3 heterocycles. The normalized spacial score (nSPS) is 24.8. The van der Waals surface area contributed by atoms with Crippen LogP contribution in [0.25, 0.3) is 11.3 Å². The summed E-state index contributed by atoms with van der Waals surface area (Å²) in [6, 6.07) is 6.33. The molecule has 1 aromatic heterocycles. The molecule has 1 fully saturated rings. The van der Waals surface area contributed by atoms with Gasteiger partial charge in [0.05, 0.1) is 12.3 Å². The lowest BCUT2D eigenvalue weighted by Gasteiger charge is -2.16. The first-order chi connectivity index (χ1) is 11.8. The van der Waals surface area contributed by atoms with Crippen LogP contribution in [0.3, 0.4) is 0 Å². The SMILES string of the molecule is FC[C@@]1(c2cc3c(c(-c4ccc(F)cc4)n2)OC[C@H]3C(F)(F)F)CO1. The maximum Gasteiger partial charge on any atom is 0.399 e. The number of rotatable bonds is 3. The number of nitrogens with zero attached hydrogens (tertiary/aromatic N) is 1. The molecule has 0 N–H and O–H groups in total. The summed E-state index contributed by atoms with van der Waals surface area (Å²) in [5.74, 6) is -2.32. The zero-order chi connectivity index (χ0) is 17.8. The van der Waals surface area contributed by atoms with Crippen LogP contribution in [0.2, 0.25) is 0 Å². The molecule has 0 radical (unpaired) electrons. The lowest BCUT2D eigenvalue weighted by Crippen LogP contribution is -2.22. The average Bonchev–Trinajstić information content (AvgIpc) is 3.25. The molecule has 0 amide bonds. The first-order valence-corrected chi connectivity index (χ1v) is 7.55. The van der Waals surface area contributed by atoms with Crippen LogP contribution in [0.4, 0.5) is 22.0 Å². The molecular formula is C17H12F5NO2. The molecule has 2 aromatic rings. The molecule has 1 saturated heterocycles. The number of benzene rings is 1. The van der Waals surface area contributed by atoms with Crippen molar-refractivity contribution in [2.75, 3.05) is 19.9 Å². The van der Waals surface area contributed by atoms with E-state index in [2.05, 4.69) is 4.98 Å². The summed E-state index contributed by atoms with van der Waals surface area (Å²) in [6.45, 7) is -1.41. The Hall–Kier alpha value is -2.22. The first kappa shape index (κ1) is 16.3. The zero-order valence-electron chi connectivity index (χ0n) is 12.7. The molecule has 132 valence electrons. The number of hydrogen-bond donors (Lipinski definition) is 0. The average molecular weight is 357 g/mol. The van der Waals surface area contributed by atoms with Crippen LogP contribution in [0.1, 0.15) is 17.2 Å². The van der Waals surface area contributed by atoms with E-state index in [1.54, 1.807) is 0 Å². The largest absolute Gasteiger partial charge is 0.490 e.